The van der Waals surface area contributed by atoms with Crippen molar-refractivity contribution in [3.63, 3.8) is 0 Å². The van der Waals surface area contributed by atoms with E-state index < -0.39 is 11.5 Å². The normalized spacial score (nSPS) is 11.1. The monoisotopic (exact) mass is 635 g/mol. The van der Waals surface area contributed by atoms with Crippen LogP contribution in [0.3, 0.4) is 0 Å². The Morgan fingerprint density at radius 3 is 2.32 bits per heavy atom. The molecule has 2 heterocycles. The van der Waals surface area contributed by atoms with Crippen molar-refractivity contribution in [3.8, 4) is 22.9 Å². The van der Waals surface area contributed by atoms with Crippen LogP contribution in [-0.2, 0) is 22.6 Å². The molecule has 0 fully saturated rings. The number of nitrogens with one attached hydrogen (secondary N) is 1. The largest absolute Gasteiger partial charge is 0.490 e. The summed E-state index contributed by atoms with van der Waals surface area (Å²) in [6, 6.07) is 26.6. The number of esters is 1. The Hall–Kier alpha value is -5.64. The molecule has 9 nitrogen and oxygen atoms in total. The van der Waals surface area contributed by atoms with Crippen molar-refractivity contribution in [2.24, 2.45) is 0 Å². The summed E-state index contributed by atoms with van der Waals surface area (Å²) < 4.78 is 37.1. The summed E-state index contributed by atoms with van der Waals surface area (Å²) in [5, 5.41) is 5.22. The molecule has 0 bridgehead atoms. The van der Waals surface area contributed by atoms with Crippen LogP contribution >= 0.6 is 0 Å². The van der Waals surface area contributed by atoms with Crippen molar-refractivity contribution in [3.05, 3.63) is 119 Å². The standard InChI is InChI=1S/C37H34FN3O6/c1-2-3-18-46-35(42)24-41-36(26-9-13-28(14-10-26)44-19-20-45-29-15-11-27(38)12-16-29)40-23-32(37(41)43)39-22-25-8-17-34-31(21-25)30-6-4-5-7-33(30)47-34/h4-17,21,23,39H,2-3,18-20,22,24H2,1H3. The fourth-order valence-electron chi connectivity index (χ4n) is 5.13. The summed E-state index contributed by atoms with van der Waals surface area (Å²) in [5.41, 5.74) is 3.05. The maximum atomic E-state index is 13.8. The quantitative estimate of drug-likeness (QED) is 0.0978. The molecule has 0 radical (unpaired) electrons. The van der Waals surface area contributed by atoms with E-state index in [9.17, 15) is 14.0 Å². The molecule has 0 aliphatic carbocycles. The molecule has 10 heteroatoms. The van der Waals surface area contributed by atoms with Gasteiger partial charge in [-0.1, -0.05) is 37.6 Å². The van der Waals surface area contributed by atoms with Crippen LogP contribution in [0.1, 0.15) is 25.3 Å². The molecule has 0 aliphatic heterocycles. The highest BCUT2D eigenvalue weighted by Gasteiger charge is 2.17. The van der Waals surface area contributed by atoms with Crippen molar-refractivity contribution >= 4 is 33.6 Å². The molecule has 240 valence electrons. The van der Waals surface area contributed by atoms with Crippen LogP contribution in [-0.4, -0.2) is 35.3 Å². The lowest BCUT2D eigenvalue weighted by molar-refractivity contribution is -0.144. The van der Waals surface area contributed by atoms with Gasteiger partial charge in [-0.25, -0.2) is 9.37 Å². The number of aromatic nitrogens is 2. The average Bonchev–Trinajstić information content (AvgIpc) is 3.46. The van der Waals surface area contributed by atoms with Crippen LogP contribution < -0.4 is 20.3 Å². The number of benzene rings is 4. The minimum atomic E-state index is -0.515. The highest BCUT2D eigenvalue weighted by molar-refractivity contribution is 6.05. The van der Waals surface area contributed by atoms with E-state index in [0.29, 0.717) is 29.4 Å². The van der Waals surface area contributed by atoms with Gasteiger partial charge in [0, 0.05) is 22.9 Å². The van der Waals surface area contributed by atoms with Gasteiger partial charge >= 0.3 is 5.97 Å². The molecule has 1 N–H and O–H groups in total. The molecule has 0 saturated carbocycles. The van der Waals surface area contributed by atoms with Gasteiger partial charge in [0.2, 0.25) is 0 Å². The van der Waals surface area contributed by atoms with Gasteiger partial charge in [-0.05, 0) is 78.7 Å². The van der Waals surface area contributed by atoms with Crippen LogP contribution in [0.5, 0.6) is 11.5 Å². The van der Waals surface area contributed by atoms with Crippen LogP contribution in [0.4, 0.5) is 10.1 Å². The Balaban J connectivity index is 1.17. The van der Waals surface area contributed by atoms with Crippen LogP contribution in [0.15, 0.2) is 106 Å². The summed E-state index contributed by atoms with van der Waals surface area (Å²) in [6.07, 6.45) is 3.10. The molecule has 0 spiro atoms. The summed E-state index contributed by atoms with van der Waals surface area (Å²) >= 11 is 0. The van der Waals surface area contributed by atoms with E-state index in [1.165, 1.54) is 22.9 Å². The number of furan rings is 1. The smallest absolute Gasteiger partial charge is 0.326 e. The maximum absolute atomic E-state index is 13.8. The Bertz CT molecular complexity index is 2040. The zero-order valence-electron chi connectivity index (χ0n) is 25.9. The number of halogens is 1. The minimum absolute atomic E-state index is 0.258. The van der Waals surface area contributed by atoms with Gasteiger partial charge in [0.1, 0.15) is 59.8 Å². The Morgan fingerprint density at radius 1 is 0.872 bits per heavy atom. The first kappa shape index (κ1) is 31.3. The molecule has 0 atom stereocenters. The number of rotatable bonds is 14. The van der Waals surface area contributed by atoms with Gasteiger partial charge in [-0.2, -0.15) is 0 Å². The third-order valence-electron chi connectivity index (χ3n) is 7.57. The number of hydrogen-bond acceptors (Lipinski definition) is 8. The summed E-state index contributed by atoms with van der Waals surface area (Å²) in [4.78, 5) is 31.1. The predicted molar refractivity (Wildman–Crippen MR) is 178 cm³/mol. The molecule has 6 rings (SSSR count). The zero-order chi connectivity index (χ0) is 32.6. The van der Waals surface area contributed by atoms with E-state index in [2.05, 4.69) is 10.3 Å². The fourth-order valence-corrected chi connectivity index (χ4v) is 5.13. The van der Waals surface area contributed by atoms with E-state index in [-0.39, 0.29) is 37.9 Å². The molecular formula is C37H34FN3O6. The topological polar surface area (TPSA) is 105 Å². The first-order valence-electron chi connectivity index (χ1n) is 15.5. The lowest BCUT2D eigenvalue weighted by atomic mass is 10.1. The molecule has 4 aromatic carbocycles. The van der Waals surface area contributed by atoms with E-state index in [0.717, 1.165) is 40.3 Å². The number of carbonyl (C=O) groups is 1. The highest BCUT2D eigenvalue weighted by Crippen LogP contribution is 2.29. The van der Waals surface area contributed by atoms with Gasteiger partial charge in [-0.15, -0.1) is 0 Å². The minimum Gasteiger partial charge on any atom is -0.490 e. The lowest BCUT2D eigenvalue weighted by Gasteiger charge is -2.15. The maximum Gasteiger partial charge on any atom is 0.326 e. The number of fused-ring (bicyclic) bond motifs is 3. The van der Waals surface area contributed by atoms with E-state index in [4.69, 9.17) is 18.6 Å². The number of anilines is 1. The third kappa shape index (κ3) is 7.61. The molecule has 47 heavy (non-hydrogen) atoms. The van der Waals surface area contributed by atoms with Gasteiger partial charge in [0.15, 0.2) is 0 Å². The van der Waals surface area contributed by atoms with Crippen molar-refractivity contribution < 1.29 is 27.8 Å². The zero-order valence-corrected chi connectivity index (χ0v) is 25.9. The van der Waals surface area contributed by atoms with E-state index in [1.807, 2.05) is 49.4 Å². The van der Waals surface area contributed by atoms with E-state index >= 15 is 0 Å². The number of ether oxygens (including phenoxy) is 3. The van der Waals surface area contributed by atoms with Crippen molar-refractivity contribution in [2.75, 3.05) is 25.1 Å². The average molecular weight is 636 g/mol. The number of para-hydroxylation sites is 1. The van der Waals surface area contributed by atoms with Crippen molar-refractivity contribution in [1.29, 1.82) is 0 Å². The molecule has 0 aliphatic rings. The molecule has 2 aromatic heterocycles. The highest BCUT2D eigenvalue weighted by atomic mass is 19.1. The van der Waals surface area contributed by atoms with Crippen molar-refractivity contribution in [1.82, 2.24) is 9.55 Å². The van der Waals surface area contributed by atoms with Crippen LogP contribution in [0.25, 0.3) is 33.3 Å². The summed E-state index contributed by atoms with van der Waals surface area (Å²) in [6.45, 7) is 2.92. The Kier molecular flexibility index (Phi) is 9.76. The van der Waals surface area contributed by atoms with Crippen LogP contribution in [0.2, 0.25) is 0 Å². The number of unbranched alkanes of at least 4 members (excludes halogenated alkanes) is 1. The van der Waals surface area contributed by atoms with Gasteiger partial charge in [0.05, 0.1) is 12.8 Å². The number of carbonyl (C=O) groups excluding carboxylic acids is 1. The van der Waals surface area contributed by atoms with Gasteiger partial charge in [0.25, 0.3) is 5.56 Å². The van der Waals surface area contributed by atoms with Gasteiger partial charge in [-0.3, -0.25) is 14.2 Å². The summed E-state index contributed by atoms with van der Waals surface area (Å²) in [7, 11) is 0. The molecule has 0 unspecified atom stereocenters. The van der Waals surface area contributed by atoms with Crippen molar-refractivity contribution in [2.45, 2.75) is 32.9 Å². The Labute approximate surface area is 270 Å². The molecular weight excluding hydrogens is 601 g/mol. The number of hydrogen-bond donors (Lipinski definition) is 1. The first-order chi connectivity index (χ1) is 23.0. The second-order valence-electron chi connectivity index (χ2n) is 10.9. The molecule has 0 saturated heterocycles. The second-order valence-corrected chi connectivity index (χ2v) is 10.9. The summed E-state index contributed by atoms with van der Waals surface area (Å²) in [5.74, 6) is 0.619. The SMILES string of the molecule is CCCCOC(=O)Cn1c(-c2ccc(OCCOc3ccc(F)cc3)cc2)ncc(NCc2ccc3oc4ccccc4c3c2)c1=O. The lowest BCUT2D eigenvalue weighted by Crippen LogP contribution is -2.29. The predicted octanol–water partition coefficient (Wildman–Crippen LogP) is 7.36. The van der Waals surface area contributed by atoms with Gasteiger partial charge < -0.3 is 23.9 Å². The first-order valence-corrected chi connectivity index (χ1v) is 15.5. The molecule has 0 amide bonds. The second kappa shape index (κ2) is 14.6. The third-order valence-corrected chi connectivity index (χ3v) is 7.57. The Morgan fingerprint density at radius 2 is 1.57 bits per heavy atom. The number of nitrogens with zero attached hydrogens (tertiary/aromatic N) is 2. The van der Waals surface area contributed by atoms with Crippen LogP contribution in [0, 0.1) is 5.82 Å². The molecule has 6 aromatic rings. The van der Waals surface area contributed by atoms with E-state index in [1.54, 1.807) is 36.4 Å². The fraction of sp³-hybridized carbons (Fsp3) is 0.216.